The summed E-state index contributed by atoms with van der Waals surface area (Å²) in [6, 6.07) is 11.8. The highest BCUT2D eigenvalue weighted by Gasteiger charge is 2.11. The van der Waals surface area contributed by atoms with Gasteiger partial charge in [-0.05, 0) is 68.8 Å². The third kappa shape index (κ3) is 7.31. The summed E-state index contributed by atoms with van der Waals surface area (Å²) in [6.07, 6.45) is 1.65. The summed E-state index contributed by atoms with van der Waals surface area (Å²) >= 11 is 1.47. The lowest BCUT2D eigenvalue weighted by Gasteiger charge is -2.13. The SMILES string of the molecule is CCOC(=O)c1ccc(NC(=O)COc2ccc(C=NNc3nc(C)cs3)cc2OCC)cc1. The Morgan fingerprint density at radius 2 is 1.85 bits per heavy atom. The monoisotopic (exact) mass is 482 g/mol. The van der Waals surface area contributed by atoms with Gasteiger partial charge in [0.2, 0.25) is 5.13 Å². The first kappa shape index (κ1) is 24.7. The van der Waals surface area contributed by atoms with Crippen molar-refractivity contribution in [3.8, 4) is 11.5 Å². The number of hydrazone groups is 1. The van der Waals surface area contributed by atoms with E-state index < -0.39 is 5.97 Å². The van der Waals surface area contributed by atoms with Crippen LogP contribution in [-0.2, 0) is 9.53 Å². The predicted molar refractivity (Wildman–Crippen MR) is 132 cm³/mol. The van der Waals surface area contributed by atoms with Gasteiger partial charge in [-0.3, -0.25) is 10.2 Å². The highest BCUT2D eigenvalue weighted by atomic mass is 32.1. The summed E-state index contributed by atoms with van der Waals surface area (Å²) in [5, 5.41) is 9.56. The maximum atomic E-state index is 12.3. The number of rotatable bonds is 11. The van der Waals surface area contributed by atoms with Crippen molar-refractivity contribution in [3.63, 3.8) is 0 Å². The molecular formula is C24H26N4O5S. The molecule has 10 heteroatoms. The maximum absolute atomic E-state index is 12.3. The number of thiazole rings is 1. The molecule has 178 valence electrons. The minimum atomic E-state index is -0.408. The molecule has 3 rings (SSSR count). The summed E-state index contributed by atoms with van der Waals surface area (Å²) in [7, 11) is 0. The zero-order valence-corrected chi connectivity index (χ0v) is 20.0. The first-order valence-corrected chi connectivity index (χ1v) is 11.5. The number of aryl methyl sites for hydroxylation is 1. The zero-order valence-electron chi connectivity index (χ0n) is 19.2. The van der Waals surface area contributed by atoms with Gasteiger partial charge in [-0.15, -0.1) is 11.3 Å². The van der Waals surface area contributed by atoms with Gasteiger partial charge in [0.1, 0.15) is 0 Å². The molecular weight excluding hydrogens is 456 g/mol. The number of aromatic nitrogens is 1. The molecule has 0 radical (unpaired) electrons. The fourth-order valence-electron chi connectivity index (χ4n) is 2.80. The largest absolute Gasteiger partial charge is 0.490 e. The van der Waals surface area contributed by atoms with Crippen molar-refractivity contribution >= 4 is 40.2 Å². The highest BCUT2D eigenvalue weighted by Crippen LogP contribution is 2.28. The number of nitrogens with zero attached hydrogens (tertiary/aromatic N) is 2. The molecule has 0 spiro atoms. The molecule has 0 aliphatic rings. The average Bonchev–Trinajstić information content (AvgIpc) is 3.24. The molecule has 0 aliphatic carbocycles. The Balaban J connectivity index is 1.56. The molecule has 0 fully saturated rings. The molecule has 1 aromatic heterocycles. The summed E-state index contributed by atoms with van der Waals surface area (Å²) in [5.74, 6) is 0.188. The molecule has 0 unspecified atom stereocenters. The number of esters is 1. The van der Waals surface area contributed by atoms with Crippen molar-refractivity contribution in [2.75, 3.05) is 30.6 Å². The van der Waals surface area contributed by atoms with Crippen LogP contribution < -0.4 is 20.2 Å². The second kappa shape index (κ2) is 12.4. The second-order valence-electron chi connectivity index (χ2n) is 6.94. The van der Waals surface area contributed by atoms with E-state index in [1.165, 1.54) is 11.3 Å². The standard InChI is InChI=1S/C24H26N4O5S/c1-4-31-21-12-17(13-25-28-24-26-16(3)15-34-24)6-11-20(21)33-14-22(29)27-19-9-7-18(8-10-19)23(30)32-5-2/h6-13,15H,4-5,14H2,1-3H3,(H,26,28)(H,27,29). The summed E-state index contributed by atoms with van der Waals surface area (Å²) in [4.78, 5) is 28.3. The van der Waals surface area contributed by atoms with Crippen LogP contribution in [0.25, 0.3) is 0 Å². The quantitative estimate of drug-likeness (QED) is 0.235. The molecule has 0 atom stereocenters. The molecule has 0 saturated carbocycles. The number of amides is 1. The van der Waals surface area contributed by atoms with Crippen LogP contribution in [0.1, 0.15) is 35.5 Å². The number of carbonyl (C=O) groups excluding carboxylic acids is 2. The lowest BCUT2D eigenvalue weighted by atomic mass is 10.2. The van der Waals surface area contributed by atoms with Crippen molar-refractivity contribution in [1.29, 1.82) is 0 Å². The first-order chi connectivity index (χ1) is 16.5. The lowest BCUT2D eigenvalue weighted by Crippen LogP contribution is -2.20. The normalized spacial score (nSPS) is 10.7. The van der Waals surface area contributed by atoms with E-state index in [0.29, 0.717) is 41.1 Å². The van der Waals surface area contributed by atoms with Gasteiger partial charge in [0.25, 0.3) is 5.91 Å². The van der Waals surface area contributed by atoms with Gasteiger partial charge in [-0.25, -0.2) is 9.78 Å². The van der Waals surface area contributed by atoms with Crippen molar-refractivity contribution in [3.05, 3.63) is 64.7 Å². The van der Waals surface area contributed by atoms with E-state index in [9.17, 15) is 9.59 Å². The van der Waals surface area contributed by atoms with E-state index in [4.69, 9.17) is 14.2 Å². The van der Waals surface area contributed by atoms with E-state index >= 15 is 0 Å². The molecule has 34 heavy (non-hydrogen) atoms. The second-order valence-corrected chi connectivity index (χ2v) is 7.80. The van der Waals surface area contributed by atoms with Gasteiger partial charge in [0.15, 0.2) is 18.1 Å². The van der Waals surface area contributed by atoms with Crippen molar-refractivity contribution < 1.29 is 23.8 Å². The van der Waals surface area contributed by atoms with Crippen LogP contribution in [-0.4, -0.2) is 42.9 Å². The Morgan fingerprint density at radius 3 is 2.53 bits per heavy atom. The van der Waals surface area contributed by atoms with Crippen LogP contribution in [0.3, 0.4) is 0 Å². The van der Waals surface area contributed by atoms with Gasteiger partial charge in [0, 0.05) is 11.1 Å². The molecule has 3 aromatic rings. The molecule has 2 N–H and O–H groups in total. The lowest BCUT2D eigenvalue weighted by molar-refractivity contribution is -0.118. The van der Waals surface area contributed by atoms with Crippen molar-refractivity contribution in [2.24, 2.45) is 5.10 Å². The van der Waals surface area contributed by atoms with Crippen molar-refractivity contribution in [2.45, 2.75) is 20.8 Å². The predicted octanol–water partition coefficient (Wildman–Crippen LogP) is 4.49. The summed E-state index contributed by atoms with van der Waals surface area (Å²) < 4.78 is 16.3. The molecule has 0 bridgehead atoms. The molecule has 2 aromatic carbocycles. The minimum absolute atomic E-state index is 0.210. The number of hydrogen-bond donors (Lipinski definition) is 2. The van der Waals surface area contributed by atoms with Gasteiger partial charge in [-0.1, -0.05) is 0 Å². The highest BCUT2D eigenvalue weighted by molar-refractivity contribution is 7.13. The summed E-state index contributed by atoms with van der Waals surface area (Å²) in [6.45, 7) is 6.05. The Labute approximate surface area is 201 Å². The Hall–Kier alpha value is -3.92. The van der Waals surface area contributed by atoms with Crippen LogP contribution in [0.5, 0.6) is 11.5 Å². The Bertz CT molecular complexity index is 1140. The van der Waals surface area contributed by atoms with Gasteiger partial charge in [0.05, 0.1) is 30.7 Å². The van der Waals surface area contributed by atoms with Crippen LogP contribution >= 0.6 is 11.3 Å². The van der Waals surface area contributed by atoms with E-state index in [1.807, 2.05) is 25.3 Å². The number of anilines is 2. The smallest absolute Gasteiger partial charge is 0.338 e. The van der Waals surface area contributed by atoms with E-state index in [-0.39, 0.29) is 12.5 Å². The molecule has 0 saturated heterocycles. The first-order valence-electron chi connectivity index (χ1n) is 10.7. The number of benzene rings is 2. The topological polar surface area (TPSA) is 111 Å². The number of carbonyl (C=O) groups is 2. The van der Waals surface area contributed by atoms with Gasteiger partial charge >= 0.3 is 5.97 Å². The van der Waals surface area contributed by atoms with E-state index in [2.05, 4.69) is 20.8 Å². The Morgan fingerprint density at radius 1 is 1.06 bits per heavy atom. The number of hydrogen-bond acceptors (Lipinski definition) is 9. The fraction of sp³-hybridized carbons (Fsp3) is 0.250. The minimum Gasteiger partial charge on any atom is -0.490 e. The van der Waals surface area contributed by atoms with Crippen LogP contribution in [0.4, 0.5) is 10.8 Å². The van der Waals surface area contributed by atoms with E-state index in [1.54, 1.807) is 49.5 Å². The maximum Gasteiger partial charge on any atom is 0.338 e. The van der Waals surface area contributed by atoms with Crippen LogP contribution in [0.2, 0.25) is 0 Å². The third-order valence-corrected chi connectivity index (χ3v) is 5.16. The van der Waals surface area contributed by atoms with Crippen LogP contribution in [0.15, 0.2) is 52.9 Å². The van der Waals surface area contributed by atoms with Gasteiger partial charge in [-0.2, -0.15) is 5.10 Å². The molecule has 9 nitrogen and oxygen atoms in total. The molecule has 1 heterocycles. The van der Waals surface area contributed by atoms with E-state index in [0.717, 1.165) is 11.3 Å². The third-order valence-electron chi connectivity index (χ3n) is 4.30. The fourth-order valence-corrected chi connectivity index (χ4v) is 3.44. The van der Waals surface area contributed by atoms with Gasteiger partial charge < -0.3 is 19.5 Å². The van der Waals surface area contributed by atoms with Crippen LogP contribution in [0, 0.1) is 6.92 Å². The Kier molecular flexibility index (Phi) is 8.98. The van der Waals surface area contributed by atoms with Crippen molar-refractivity contribution in [1.82, 2.24) is 4.98 Å². The number of ether oxygens (including phenoxy) is 3. The zero-order chi connectivity index (χ0) is 24.3. The molecule has 1 amide bonds. The number of nitrogens with one attached hydrogen (secondary N) is 2. The summed E-state index contributed by atoms with van der Waals surface area (Å²) in [5.41, 5.74) is 5.57. The average molecular weight is 483 g/mol. The molecule has 0 aliphatic heterocycles.